The average molecular weight is 425 g/mol. The van der Waals surface area contributed by atoms with E-state index < -0.39 is 0 Å². The molecule has 0 saturated heterocycles. The van der Waals surface area contributed by atoms with Gasteiger partial charge in [-0.3, -0.25) is 4.98 Å². The van der Waals surface area contributed by atoms with E-state index in [1.807, 2.05) is 17.5 Å². The van der Waals surface area contributed by atoms with Crippen LogP contribution in [0.3, 0.4) is 0 Å². The molecule has 0 saturated carbocycles. The van der Waals surface area contributed by atoms with Gasteiger partial charge in [0.15, 0.2) is 0 Å². The summed E-state index contributed by atoms with van der Waals surface area (Å²) in [7, 11) is 0. The number of hydrogen-bond donors (Lipinski definition) is 0. The summed E-state index contributed by atoms with van der Waals surface area (Å²) in [5.74, 6) is 0. The van der Waals surface area contributed by atoms with Crippen LogP contribution in [0.15, 0.2) is 97.2 Å². The van der Waals surface area contributed by atoms with Gasteiger partial charge >= 0.3 is 0 Å². The molecule has 8 aromatic rings. The Morgan fingerprint density at radius 2 is 1.25 bits per heavy atom. The van der Waals surface area contributed by atoms with Crippen LogP contribution in [0, 0.1) is 0 Å². The largest absolute Gasteiger partial charge is 0.307 e. The van der Waals surface area contributed by atoms with Gasteiger partial charge in [-0.25, -0.2) is 0 Å². The zero-order valence-corrected chi connectivity index (χ0v) is 17.9. The van der Waals surface area contributed by atoms with E-state index in [1.54, 1.807) is 0 Å². The van der Waals surface area contributed by atoms with Crippen molar-refractivity contribution in [3.8, 4) is 11.3 Å². The van der Waals surface area contributed by atoms with Crippen LogP contribution in [0.4, 0.5) is 0 Å². The summed E-state index contributed by atoms with van der Waals surface area (Å²) in [6.45, 7) is 0. The molecule has 4 aromatic carbocycles. The van der Waals surface area contributed by atoms with Gasteiger partial charge in [0.05, 0.1) is 26.9 Å². The standard InChI is InChI=1S/C29H16N2S/c1-3-13-24-17(7-1)19-9-5-10-20-21-11-6-12-23(28(21)31(24)27(19)20)26-29-22(15-16-30-26)18-8-2-4-14-25(18)32-29/h1-16H. The first-order valence-electron chi connectivity index (χ1n) is 10.8. The minimum atomic E-state index is 1.07. The van der Waals surface area contributed by atoms with Crippen molar-refractivity contribution in [1.29, 1.82) is 0 Å². The van der Waals surface area contributed by atoms with E-state index >= 15 is 0 Å². The molecule has 0 radical (unpaired) electrons. The van der Waals surface area contributed by atoms with Crippen molar-refractivity contribution in [1.82, 2.24) is 9.38 Å². The maximum Gasteiger partial charge on any atom is 0.0901 e. The maximum absolute atomic E-state index is 4.94. The van der Waals surface area contributed by atoms with Gasteiger partial charge in [-0.1, -0.05) is 72.8 Å². The van der Waals surface area contributed by atoms with Crippen LogP contribution in [0.2, 0.25) is 0 Å². The Balaban J connectivity index is 1.62. The maximum atomic E-state index is 4.94. The second-order valence-corrected chi connectivity index (χ2v) is 9.44. The molecule has 0 atom stereocenters. The van der Waals surface area contributed by atoms with Crippen molar-refractivity contribution in [2.24, 2.45) is 0 Å². The molecule has 148 valence electrons. The Hall–Kier alpha value is -3.95. The third-order valence-electron chi connectivity index (χ3n) is 6.79. The van der Waals surface area contributed by atoms with Crippen LogP contribution in [-0.4, -0.2) is 9.38 Å². The predicted molar refractivity (Wildman–Crippen MR) is 137 cm³/mol. The molecular weight excluding hydrogens is 408 g/mol. The van der Waals surface area contributed by atoms with E-state index in [9.17, 15) is 0 Å². The van der Waals surface area contributed by atoms with E-state index in [0.717, 1.165) is 5.69 Å². The summed E-state index contributed by atoms with van der Waals surface area (Å²) in [5.41, 5.74) is 6.07. The summed E-state index contributed by atoms with van der Waals surface area (Å²) in [5, 5.41) is 7.80. The summed E-state index contributed by atoms with van der Waals surface area (Å²) in [6.07, 6.45) is 1.96. The topological polar surface area (TPSA) is 17.3 Å². The third kappa shape index (κ3) is 1.93. The first-order chi connectivity index (χ1) is 15.9. The van der Waals surface area contributed by atoms with E-state index in [1.165, 1.54) is 63.8 Å². The normalized spacial score (nSPS) is 12.4. The molecule has 0 fully saturated rings. The monoisotopic (exact) mass is 424 g/mol. The molecule has 3 heteroatoms. The highest BCUT2D eigenvalue weighted by atomic mass is 32.1. The molecule has 0 unspecified atom stereocenters. The van der Waals surface area contributed by atoms with Crippen LogP contribution >= 0.6 is 11.3 Å². The van der Waals surface area contributed by atoms with Gasteiger partial charge in [0.2, 0.25) is 0 Å². The van der Waals surface area contributed by atoms with Gasteiger partial charge in [0.1, 0.15) is 0 Å². The van der Waals surface area contributed by atoms with Crippen LogP contribution in [0.1, 0.15) is 0 Å². The average Bonchev–Trinajstić information content (AvgIpc) is 3.50. The smallest absolute Gasteiger partial charge is 0.0901 e. The van der Waals surface area contributed by atoms with Crippen LogP contribution in [0.5, 0.6) is 0 Å². The number of rotatable bonds is 1. The summed E-state index contributed by atoms with van der Waals surface area (Å²) < 4.78 is 5.02. The van der Waals surface area contributed by atoms with E-state index in [2.05, 4.69) is 95.4 Å². The first-order valence-corrected chi connectivity index (χ1v) is 11.6. The summed E-state index contributed by atoms with van der Waals surface area (Å²) in [6, 6.07) is 32.9. The summed E-state index contributed by atoms with van der Waals surface area (Å²) in [4.78, 5) is 4.94. The minimum absolute atomic E-state index is 1.07. The molecular formula is C29H16N2S. The molecule has 0 aliphatic rings. The summed E-state index contributed by atoms with van der Waals surface area (Å²) >= 11 is 1.84. The van der Waals surface area contributed by atoms with E-state index in [0.29, 0.717) is 0 Å². The fraction of sp³-hybridized carbons (Fsp3) is 0. The molecule has 8 rings (SSSR count). The minimum Gasteiger partial charge on any atom is -0.307 e. The second-order valence-electron chi connectivity index (χ2n) is 8.39. The lowest BCUT2D eigenvalue weighted by Crippen LogP contribution is -1.88. The van der Waals surface area contributed by atoms with Crippen LogP contribution in [-0.2, 0) is 0 Å². The number of nitrogens with zero attached hydrogens (tertiary/aromatic N) is 2. The van der Waals surface area contributed by atoms with Crippen LogP contribution < -0.4 is 0 Å². The SMILES string of the molecule is c1ccc2c(c1)sc1c(-c3cccc4c5cccc6c7ccccc7n(c34)c65)nccc12. The quantitative estimate of drug-likeness (QED) is 0.259. The van der Waals surface area contributed by atoms with Gasteiger partial charge in [-0.15, -0.1) is 11.3 Å². The Morgan fingerprint density at radius 1 is 0.562 bits per heavy atom. The third-order valence-corrected chi connectivity index (χ3v) is 7.99. The number of benzene rings is 4. The zero-order chi connectivity index (χ0) is 20.8. The number of aromatic nitrogens is 2. The predicted octanol–water partition coefficient (Wildman–Crippen LogP) is 8.27. The van der Waals surface area contributed by atoms with E-state index in [-0.39, 0.29) is 0 Å². The molecule has 0 aliphatic carbocycles. The van der Waals surface area contributed by atoms with Gasteiger partial charge in [0.25, 0.3) is 0 Å². The Labute approximate surface area is 187 Å². The molecule has 32 heavy (non-hydrogen) atoms. The van der Waals surface area contributed by atoms with E-state index in [4.69, 9.17) is 4.98 Å². The van der Waals surface area contributed by atoms with Crippen molar-refractivity contribution >= 4 is 69.6 Å². The molecule has 0 N–H and O–H groups in total. The Morgan fingerprint density at radius 3 is 2.16 bits per heavy atom. The molecule has 0 bridgehead atoms. The van der Waals surface area contributed by atoms with Crippen molar-refractivity contribution in [2.45, 2.75) is 0 Å². The highest BCUT2D eigenvalue weighted by Gasteiger charge is 2.21. The van der Waals surface area contributed by atoms with Crippen LogP contribution in [0.25, 0.3) is 69.5 Å². The molecule has 4 heterocycles. The highest BCUT2D eigenvalue weighted by Crippen LogP contribution is 2.44. The van der Waals surface area contributed by atoms with Gasteiger partial charge in [-0.2, -0.15) is 0 Å². The fourth-order valence-electron chi connectivity index (χ4n) is 5.50. The number of thiophene rings is 1. The molecule has 0 aliphatic heterocycles. The van der Waals surface area contributed by atoms with Crippen molar-refractivity contribution in [2.75, 3.05) is 0 Å². The molecule has 0 spiro atoms. The molecule has 0 amide bonds. The van der Waals surface area contributed by atoms with Crippen molar-refractivity contribution in [3.63, 3.8) is 0 Å². The second kappa shape index (κ2) is 5.84. The molecule has 2 nitrogen and oxygen atoms in total. The van der Waals surface area contributed by atoms with Gasteiger partial charge < -0.3 is 4.40 Å². The van der Waals surface area contributed by atoms with Crippen molar-refractivity contribution < 1.29 is 0 Å². The Bertz CT molecular complexity index is 1990. The first kappa shape index (κ1) is 16.7. The number of hydrogen-bond acceptors (Lipinski definition) is 2. The lowest BCUT2D eigenvalue weighted by molar-refractivity contribution is 1.34. The number of para-hydroxylation sites is 3. The highest BCUT2D eigenvalue weighted by molar-refractivity contribution is 7.26. The number of pyridine rings is 1. The number of fused-ring (bicyclic) bond motifs is 9. The fourth-order valence-corrected chi connectivity index (χ4v) is 6.71. The lowest BCUT2D eigenvalue weighted by atomic mass is 10.0. The zero-order valence-electron chi connectivity index (χ0n) is 17.0. The van der Waals surface area contributed by atoms with Gasteiger partial charge in [0, 0.05) is 48.8 Å². The van der Waals surface area contributed by atoms with Gasteiger partial charge in [-0.05, 0) is 18.2 Å². The lowest BCUT2D eigenvalue weighted by Gasteiger charge is -2.07. The Kier molecular flexibility index (Phi) is 3.05. The molecule has 4 aromatic heterocycles. The van der Waals surface area contributed by atoms with Crippen molar-refractivity contribution in [3.05, 3.63) is 97.2 Å².